The highest BCUT2D eigenvalue weighted by atomic mass is 32.2. The first kappa shape index (κ1) is 12.7. The summed E-state index contributed by atoms with van der Waals surface area (Å²) in [5, 5.41) is 11.8. The number of furan rings is 1. The van der Waals surface area contributed by atoms with E-state index in [9.17, 15) is 4.79 Å². The Labute approximate surface area is 98.4 Å². The van der Waals surface area contributed by atoms with Gasteiger partial charge in [0.05, 0.1) is 17.9 Å². The van der Waals surface area contributed by atoms with Gasteiger partial charge in [-0.25, -0.2) is 4.79 Å². The molecule has 0 aliphatic heterocycles. The standard InChI is InChI=1S/C11H13NO3S/c1-2-4-16-5-3-12-7-10-6-9(8-15-10)11(13)14/h1,6,8,12H,3-5,7H2,(H,13,14). The number of nitrogens with one attached hydrogen (secondary N) is 1. The number of terminal acetylenes is 1. The van der Waals surface area contributed by atoms with Gasteiger partial charge >= 0.3 is 5.97 Å². The lowest BCUT2D eigenvalue weighted by Gasteiger charge is -2.00. The van der Waals surface area contributed by atoms with E-state index in [4.69, 9.17) is 15.9 Å². The van der Waals surface area contributed by atoms with Gasteiger partial charge in [0.15, 0.2) is 0 Å². The third-order valence-electron chi connectivity index (χ3n) is 1.81. The minimum absolute atomic E-state index is 0.179. The van der Waals surface area contributed by atoms with Gasteiger partial charge in [-0.1, -0.05) is 5.92 Å². The van der Waals surface area contributed by atoms with Crippen molar-refractivity contribution in [3.63, 3.8) is 0 Å². The van der Waals surface area contributed by atoms with E-state index in [2.05, 4.69) is 11.2 Å². The maximum Gasteiger partial charge on any atom is 0.338 e. The van der Waals surface area contributed by atoms with Crippen LogP contribution >= 0.6 is 11.8 Å². The summed E-state index contributed by atoms with van der Waals surface area (Å²) in [6.07, 6.45) is 6.35. The first-order chi connectivity index (χ1) is 7.74. The first-order valence-corrected chi connectivity index (χ1v) is 5.92. The zero-order valence-corrected chi connectivity index (χ0v) is 9.55. The molecule has 1 heterocycles. The van der Waals surface area contributed by atoms with Crippen LogP contribution in [0.1, 0.15) is 16.1 Å². The highest BCUT2D eigenvalue weighted by molar-refractivity contribution is 7.99. The predicted molar refractivity (Wildman–Crippen MR) is 63.5 cm³/mol. The molecule has 0 atom stereocenters. The molecule has 0 aromatic carbocycles. The Morgan fingerprint density at radius 3 is 3.12 bits per heavy atom. The molecule has 0 aliphatic rings. The molecule has 16 heavy (non-hydrogen) atoms. The van der Waals surface area contributed by atoms with E-state index in [-0.39, 0.29) is 5.56 Å². The number of thioether (sulfide) groups is 1. The normalized spacial score (nSPS) is 9.94. The van der Waals surface area contributed by atoms with Crippen molar-refractivity contribution in [3.05, 3.63) is 23.7 Å². The van der Waals surface area contributed by atoms with Crippen molar-refractivity contribution in [1.29, 1.82) is 0 Å². The van der Waals surface area contributed by atoms with Gasteiger partial charge in [-0.3, -0.25) is 0 Å². The van der Waals surface area contributed by atoms with Crippen LogP contribution in [-0.4, -0.2) is 29.1 Å². The molecule has 0 unspecified atom stereocenters. The lowest BCUT2D eigenvalue weighted by molar-refractivity contribution is 0.0696. The van der Waals surface area contributed by atoms with E-state index in [1.165, 1.54) is 12.3 Å². The van der Waals surface area contributed by atoms with E-state index in [0.29, 0.717) is 18.1 Å². The maximum absolute atomic E-state index is 10.6. The average molecular weight is 239 g/mol. The molecule has 0 saturated heterocycles. The summed E-state index contributed by atoms with van der Waals surface area (Å²) < 4.78 is 5.07. The van der Waals surface area contributed by atoms with Gasteiger partial charge < -0.3 is 14.8 Å². The average Bonchev–Trinajstić information content (AvgIpc) is 2.72. The van der Waals surface area contributed by atoms with E-state index in [0.717, 1.165) is 12.3 Å². The summed E-state index contributed by atoms with van der Waals surface area (Å²) >= 11 is 1.68. The highest BCUT2D eigenvalue weighted by Crippen LogP contribution is 2.07. The van der Waals surface area contributed by atoms with Crippen LogP contribution in [0.2, 0.25) is 0 Å². The largest absolute Gasteiger partial charge is 0.478 e. The van der Waals surface area contributed by atoms with Gasteiger partial charge in [0, 0.05) is 12.3 Å². The van der Waals surface area contributed by atoms with Crippen molar-refractivity contribution in [2.24, 2.45) is 0 Å². The predicted octanol–water partition coefficient (Wildman–Crippen LogP) is 1.43. The minimum Gasteiger partial charge on any atom is -0.478 e. The maximum atomic E-state index is 10.6. The van der Waals surface area contributed by atoms with Crippen LogP contribution in [0.5, 0.6) is 0 Å². The third-order valence-corrected chi connectivity index (χ3v) is 2.67. The molecular formula is C11H13NO3S. The van der Waals surface area contributed by atoms with Crippen molar-refractivity contribution in [2.75, 3.05) is 18.1 Å². The second-order valence-electron chi connectivity index (χ2n) is 3.04. The molecular weight excluding hydrogens is 226 g/mol. The first-order valence-electron chi connectivity index (χ1n) is 4.76. The Morgan fingerprint density at radius 2 is 2.50 bits per heavy atom. The molecule has 1 aromatic rings. The summed E-state index contributed by atoms with van der Waals surface area (Å²) in [5.74, 6) is 3.84. The molecule has 1 rings (SSSR count). The fraction of sp³-hybridized carbons (Fsp3) is 0.364. The van der Waals surface area contributed by atoms with Crippen molar-refractivity contribution in [1.82, 2.24) is 5.32 Å². The van der Waals surface area contributed by atoms with Crippen LogP contribution in [0.25, 0.3) is 0 Å². The Kier molecular flexibility index (Phi) is 5.54. The van der Waals surface area contributed by atoms with Gasteiger partial charge in [0.25, 0.3) is 0 Å². The van der Waals surface area contributed by atoms with Gasteiger partial charge in [-0.2, -0.15) is 0 Å². The van der Waals surface area contributed by atoms with Crippen molar-refractivity contribution in [2.45, 2.75) is 6.54 Å². The van der Waals surface area contributed by atoms with Crippen molar-refractivity contribution >= 4 is 17.7 Å². The molecule has 0 spiro atoms. The second-order valence-corrected chi connectivity index (χ2v) is 4.15. The van der Waals surface area contributed by atoms with Crippen LogP contribution in [-0.2, 0) is 6.54 Å². The number of hydrogen-bond acceptors (Lipinski definition) is 4. The Bertz CT molecular complexity index is 381. The molecule has 5 heteroatoms. The van der Waals surface area contributed by atoms with Gasteiger partial charge in [-0.05, 0) is 6.07 Å². The molecule has 0 amide bonds. The molecule has 0 bridgehead atoms. The van der Waals surface area contributed by atoms with Crippen LogP contribution in [0.15, 0.2) is 16.7 Å². The van der Waals surface area contributed by atoms with E-state index in [1.807, 2.05) is 0 Å². The summed E-state index contributed by atoms with van der Waals surface area (Å²) in [7, 11) is 0. The molecule has 1 aromatic heterocycles. The van der Waals surface area contributed by atoms with Gasteiger partial charge in [0.2, 0.25) is 0 Å². The monoisotopic (exact) mass is 239 g/mol. The Balaban J connectivity index is 2.17. The van der Waals surface area contributed by atoms with Crippen molar-refractivity contribution < 1.29 is 14.3 Å². The van der Waals surface area contributed by atoms with Crippen LogP contribution in [0.3, 0.4) is 0 Å². The van der Waals surface area contributed by atoms with E-state index in [1.54, 1.807) is 11.8 Å². The van der Waals surface area contributed by atoms with Crippen LogP contribution in [0.4, 0.5) is 0 Å². The number of carboxylic acid groups (broad SMARTS) is 1. The molecule has 86 valence electrons. The van der Waals surface area contributed by atoms with Gasteiger partial charge in [0.1, 0.15) is 12.0 Å². The number of aromatic carboxylic acids is 1. The molecule has 0 fully saturated rings. The summed E-state index contributed by atoms with van der Waals surface area (Å²) in [4.78, 5) is 10.6. The lowest BCUT2D eigenvalue weighted by atomic mass is 10.3. The number of hydrogen-bond donors (Lipinski definition) is 2. The topological polar surface area (TPSA) is 62.5 Å². The van der Waals surface area contributed by atoms with E-state index >= 15 is 0 Å². The summed E-state index contributed by atoms with van der Waals surface area (Å²) in [5.41, 5.74) is 0.179. The molecule has 0 saturated carbocycles. The Hall–Kier alpha value is -1.38. The second kappa shape index (κ2) is 6.99. The quantitative estimate of drug-likeness (QED) is 0.557. The number of carboxylic acids is 1. The zero-order chi connectivity index (χ0) is 11.8. The Morgan fingerprint density at radius 1 is 1.69 bits per heavy atom. The SMILES string of the molecule is C#CCSCCNCc1cc(C(=O)O)co1. The smallest absolute Gasteiger partial charge is 0.338 e. The van der Waals surface area contributed by atoms with Gasteiger partial charge in [-0.15, -0.1) is 18.2 Å². The van der Waals surface area contributed by atoms with Crippen LogP contribution < -0.4 is 5.32 Å². The number of rotatable bonds is 7. The molecule has 2 N–H and O–H groups in total. The minimum atomic E-state index is -0.973. The number of carbonyl (C=O) groups is 1. The molecule has 0 aliphatic carbocycles. The zero-order valence-electron chi connectivity index (χ0n) is 8.73. The fourth-order valence-electron chi connectivity index (χ4n) is 1.07. The molecule has 4 nitrogen and oxygen atoms in total. The van der Waals surface area contributed by atoms with E-state index < -0.39 is 5.97 Å². The van der Waals surface area contributed by atoms with Crippen LogP contribution in [0, 0.1) is 12.3 Å². The summed E-state index contributed by atoms with van der Waals surface area (Å²) in [6, 6.07) is 1.52. The summed E-state index contributed by atoms with van der Waals surface area (Å²) in [6.45, 7) is 1.35. The lowest BCUT2D eigenvalue weighted by Crippen LogP contribution is -2.16. The molecule has 0 radical (unpaired) electrons. The highest BCUT2D eigenvalue weighted by Gasteiger charge is 2.07. The van der Waals surface area contributed by atoms with Crippen molar-refractivity contribution in [3.8, 4) is 12.3 Å². The fourth-order valence-corrected chi connectivity index (χ4v) is 1.62. The third kappa shape index (κ3) is 4.43.